The fourth-order valence-corrected chi connectivity index (χ4v) is 8.46. The van der Waals surface area contributed by atoms with Crippen LogP contribution < -0.4 is 4.90 Å². The Hall–Kier alpha value is -5.51. The summed E-state index contributed by atoms with van der Waals surface area (Å²) < 4.78 is 2.48. The number of nitrogens with zero attached hydrogens (tertiary/aromatic N) is 2. The Morgan fingerprint density at radius 2 is 1.07 bits per heavy atom. The first-order valence-corrected chi connectivity index (χ1v) is 16.2. The Balaban J connectivity index is 1.24. The minimum absolute atomic E-state index is 1.17. The highest BCUT2D eigenvalue weighted by molar-refractivity contribution is 7.99. The van der Waals surface area contributed by atoms with Crippen LogP contribution in [0.15, 0.2) is 168 Å². The van der Waals surface area contributed by atoms with E-state index in [2.05, 4.69) is 167 Å². The number of anilines is 3. The largest absolute Gasteiger partial charge is 0.308 e. The van der Waals surface area contributed by atoms with Crippen molar-refractivity contribution >= 4 is 50.6 Å². The molecule has 0 spiro atoms. The zero-order valence-electron chi connectivity index (χ0n) is 24.3. The monoisotopic (exact) mass is 590 g/mol. The van der Waals surface area contributed by atoms with Crippen molar-refractivity contribution in [1.82, 2.24) is 4.57 Å². The quantitative estimate of drug-likeness (QED) is 0.198. The van der Waals surface area contributed by atoms with Gasteiger partial charge in [-0.3, -0.25) is 0 Å². The lowest BCUT2D eigenvalue weighted by Gasteiger charge is -2.33. The molecule has 3 heterocycles. The summed E-state index contributed by atoms with van der Waals surface area (Å²) in [6, 6.07) is 57.8. The first-order chi connectivity index (χ1) is 22.3. The summed E-state index contributed by atoms with van der Waals surface area (Å²) in [5.74, 6) is 0. The second-order valence-electron chi connectivity index (χ2n) is 11.8. The molecule has 10 rings (SSSR count). The summed E-state index contributed by atoms with van der Waals surface area (Å²) in [5.41, 5.74) is 14.9. The van der Waals surface area contributed by atoms with Crippen LogP contribution >= 0.6 is 11.8 Å². The molecule has 0 N–H and O–H groups in total. The zero-order valence-corrected chi connectivity index (χ0v) is 25.1. The summed E-state index contributed by atoms with van der Waals surface area (Å²) in [6.07, 6.45) is 0. The predicted octanol–water partition coefficient (Wildman–Crippen LogP) is 12.0. The normalized spacial score (nSPS) is 12.8. The molecule has 45 heavy (non-hydrogen) atoms. The number of rotatable bonds is 2. The lowest BCUT2D eigenvalue weighted by molar-refractivity contribution is 1.17. The van der Waals surface area contributed by atoms with Crippen molar-refractivity contribution in [1.29, 1.82) is 0 Å². The lowest BCUT2D eigenvalue weighted by atomic mass is 9.91. The Bertz CT molecular complexity index is 2470. The van der Waals surface area contributed by atoms with Crippen LogP contribution in [0.5, 0.6) is 0 Å². The molecule has 0 unspecified atom stereocenters. The molecule has 0 bridgehead atoms. The van der Waals surface area contributed by atoms with Crippen molar-refractivity contribution in [3.63, 3.8) is 0 Å². The van der Waals surface area contributed by atoms with Gasteiger partial charge in [0.2, 0.25) is 0 Å². The standard InChI is InChI=1S/C42H26N2S/c1-2-12-29(13-3-1)43-38-20-10-11-21-40(38)45-41-26-27(22-23-39(41)43)28-24-34-31-15-5-4-14-30(31)32-16-6-8-18-36(32)44-37-19-9-7-17-33(37)35(25-28)42(34)44/h1-26H. The van der Waals surface area contributed by atoms with E-state index in [-0.39, 0.29) is 0 Å². The van der Waals surface area contributed by atoms with E-state index in [1.54, 1.807) is 0 Å². The molecular weight excluding hydrogens is 565 g/mol. The maximum Gasteiger partial charge on any atom is 0.0620 e. The first kappa shape index (κ1) is 24.9. The predicted molar refractivity (Wildman–Crippen MR) is 189 cm³/mol. The lowest BCUT2D eigenvalue weighted by Crippen LogP contribution is -2.14. The van der Waals surface area contributed by atoms with Crippen LogP contribution in [-0.2, 0) is 0 Å². The van der Waals surface area contributed by atoms with Crippen molar-refractivity contribution in [3.05, 3.63) is 158 Å². The number of benzene rings is 7. The van der Waals surface area contributed by atoms with E-state index in [0.717, 1.165) is 0 Å². The van der Waals surface area contributed by atoms with E-state index in [1.807, 2.05) is 11.8 Å². The van der Waals surface area contributed by atoms with Gasteiger partial charge in [-0.2, -0.15) is 0 Å². The van der Waals surface area contributed by atoms with Crippen molar-refractivity contribution in [2.75, 3.05) is 4.90 Å². The molecule has 1 aromatic heterocycles. The minimum atomic E-state index is 1.17. The Morgan fingerprint density at radius 1 is 0.400 bits per heavy atom. The Labute approximate surface area is 265 Å². The van der Waals surface area contributed by atoms with E-state index in [1.165, 1.54) is 87.7 Å². The fourth-order valence-electron chi connectivity index (χ4n) is 7.36. The van der Waals surface area contributed by atoms with Crippen LogP contribution in [0.25, 0.3) is 60.9 Å². The number of hydrogen-bond donors (Lipinski definition) is 0. The molecule has 0 aliphatic carbocycles. The van der Waals surface area contributed by atoms with E-state index < -0.39 is 0 Å². The molecular formula is C42H26N2S. The van der Waals surface area contributed by atoms with Crippen molar-refractivity contribution in [3.8, 4) is 39.1 Å². The Morgan fingerprint density at radius 3 is 1.93 bits per heavy atom. The summed E-state index contributed by atoms with van der Waals surface area (Å²) in [4.78, 5) is 4.92. The van der Waals surface area contributed by atoms with Crippen LogP contribution in [-0.4, -0.2) is 4.57 Å². The first-order valence-electron chi connectivity index (χ1n) is 15.4. The minimum Gasteiger partial charge on any atom is -0.308 e. The van der Waals surface area contributed by atoms with Gasteiger partial charge in [0.15, 0.2) is 0 Å². The molecule has 7 aromatic carbocycles. The summed E-state index contributed by atoms with van der Waals surface area (Å²) in [6.45, 7) is 0. The van der Waals surface area contributed by atoms with Crippen LogP contribution in [0.3, 0.4) is 0 Å². The third-order valence-electron chi connectivity index (χ3n) is 9.30. The SMILES string of the molecule is c1ccc(N2c3ccccc3Sc3cc(-c4cc5c6c(c4)c4ccccc4n6-c4ccccc4-c4ccccc4-5)ccc32)cc1. The van der Waals surface area contributed by atoms with E-state index >= 15 is 0 Å². The van der Waals surface area contributed by atoms with Gasteiger partial charge in [0, 0.05) is 37.4 Å². The molecule has 2 aliphatic heterocycles. The summed E-state index contributed by atoms with van der Waals surface area (Å²) in [7, 11) is 0. The van der Waals surface area contributed by atoms with Crippen molar-refractivity contribution in [2.24, 2.45) is 0 Å². The van der Waals surface area contributed by atoms with Gasteiger partial charge in [-0.25, -0.2) is 0 Å². The number of aromatic nitrogens is 1. The molecule has 2 nitrogen and oxygen atoms in total. The van der Waals surface area contributed by atoms with Crippen LogP contribution in [0.1, 0.15) is 0 Å². The average Bonchev–Trinajstić information content (AvgIpc) is 3.38. The molecule has 0 amide bonds. The average molecular weight is 591 g/mol. The van der Waals surface area contributed by atoms with Gasteiger partial charge in [-0.1, -0.05) is 109 Å². The molecule has 210 valence electrons. The molecule has 3 heteroatoms. The fraction of sp³-hybridized carbons (Fsp3) is 0. The molecule has 0 saturated heterocycles. The second-order valence-corrected chi connectivity index (χ2v) is 12.8. The highest BCUT2D eigenvalue weighted by Crippen LogP contribution is 2.53. The van der Waals surface area contributed by atoms with Gasteiger partial charge in [-0.05, 0) is 82.9 Å². The van der Waals surface area contributed by atoms with Gasteiger partial charge >= 0.3 is 0 Å². The maximum atomic E-state index is 2.48. The third-order valence-corrected chi connectivity index (χ3v) is 10.4. The topological polar surface area (TPSA) is 8.17 Å². The summed E-state index contributed by atoms with van der Waals surface area (Å²) >= 11 is 1.86. The summed E-state index contributed by atoms with van der Waals surface area (Å²) in [5, 5.41) is 2.56. The molecule has 2 aliphatic rings. The van der Waals surface area contributed by atoms with Gasteiger partial charge in [-0.15, -0.1) is 0 Å². The molecule has 0 fully saturated rings. The number of fused-ring (bicyclic) bond motifs is 10. The molecule has 0 saturated carbocycles. The molecule has 0 atom stereocenters. The maximum absolute atomic E-state index is 2.48. The van der Waals surface area contributed by atoms with E-state index in [4.69, 9.17) is 0 Å². The smallest absolute Gasteiger partial charge is 0.0620 e. The van der Waals surface area contributed by atoms with Crippen molar-refractivity contribution < 1.29 is 0 Å². The number of para-hydroxylation sites is 4. The highest BCUT2D eigenvalue weighted by atomic mass is 32.2. The highest BCUT2D eigenvalue weighted by Gasteiger charge is 2.27. The van der Waals surface area contributed by atoms with E-state index in [9.17, 15) is 0 Å². The van der Waals surface area contributed by atoms with Gasteiger partial charge in [0.05, 0.1) is 28.1 Å². The number of hydrogen-bond acceptors (Lipinski definition) is 2. The van der Waals surface area contributed by atoms with Crippen LogP contribution in [0.4, 0.5) is 17.1 Å². The molecule has 0 radical (unpaired) electrons. The van der Waals surface area contributed by atoms with Crippen LogP contribution in [0.2, 0.25) is 0 Å². The van der Waals surface area contributed by atoms with Crippen LogP contribution in [0, 0.1) is 0 Å². The zero-order chi connectivity index (χ0) is 29.5. The van der Waals surface area contributed by atoms with Gasteiger partial charge < -0.3 is 9.47 Å². The third kappa shape index (κ3) is 3.59. The Kier molecular flexibility index (Phi) is 5.25. The van der Waals surface area contributed by atoms with E-state index in [0.29, 0.717) is 0 Å². The van der Waals surface area contributed by atoms with Crippen molar-refractivity contribution in [2.45, 2.75) is 9.79 Å². The van der Waals surface area contributed by atoms with Gasteiger partial charge in [0.1, 0.15) is 0 Å². The van der Waals surface area contributed by atoms with Gasteiger partial charge in [0.25, 0.3) is 0 Å². The second kappa shape index (κ2) is 9.49. The molecule has 8 aromatic rings.